The number of anilines is 1. The second-order valence-electron chi connectivity index (χ2n) is 6.36. The first-order chi connectivity index (χ1) is 12.7. The number of carbonyl (C=O) groups is 2. The molecule has 0 bridgehead atoms. The van der Waals surface area contributed by atoms with Crippen LogP contribution in [0.4, 0.5) is 5.69 Å². The van der Waals surface area contributed by atoms with E-state index in [2.05, 4.69) is 15.0 Å². The van der Waals surface area contributed by atoms with Gasteiger partial charge in [-0.05, 0) is 48.7 Å². The Morgan fingerprint density at radius 2 is 1.67 bits per heavy atom. The summed E-state index contributed by atoms with van der Waals surface area (Å²) in [6, 6.07) is 7.28. The van der Waals surface area contributed by atoms with E-state index in [4.69, 9.17) is 0 Å². The molecule has 0 spiro atoms. The number of rotatable bonds is 8. The zero-order valence-electron chi connectivity index (χ0n) is 14.9. The number of pyridine rings is 1. The molecule has 8 nitrogen and oxygen atoms in total. The Morgan fingerprint density at radius 3 is 2.19 bits per heavy atom. The first-order valence-corrected chi connectivity index (χ1v) is 9.74. The van der Waals surface area contributed by atoms with Gasteiger partial charge in [0.05, 0.1) is 10.6 Å². The van der Waals surface area contributed by atoms with E-state index in [9.17, 15) is 23.1 Å². The summed E-state index contributed by atoms with van der Waals surface area (Å²) in [5.74, 6) is -1.59. The fraction of sp³-hybridized carbons (Fsp3) is 0.278. The highest BCUT2D eigenvalue weighted by molar-refractivity contribution is 7.92. The minimum Gasteiger partial charge on any atom is -0.480 e. The Morgan fingerprint density at radius 1 is 1.07 bits per heavy atom. The second kappa shape index (κ2) is 8.63. The number of sulfonamides is 1. The number of aliphatic carboxylic acids is 1. The molecule has 9 heteroatoms. The highest BCUT2D eigenvalue weighted by Crippen LogP contribution is 2.16. The predicted molar refractivity (Wildman–Crippen MR) is 99.8 cm³/mol. The highest BCUT2D eigenvalue weighted by atomic mass is 32.2. The summed E-state index contributed by atoms with van der Waals surface area (Å²) in [4.78, 5) is 27.3. The third kappa shape index (κ3) is 5.78. The van der Waals surface area contributed by atoms with Crippen LogP contribution in [0.2, 0.25) is 0 Å². The molecule has 0 aliphatic rings. The number of hydrogen-bond acceptors (Lipinski definition) is 5. The van der Waals surface area contributed by atoms with Crippen LogP contribution in [0.15, 0.2) is 53.7 Å². The molecule has 1 heterocycles. The maximum atomic E-state index is 12.4. The van der Waals surface area contributed by atoms with E-state index >= 15 is 0 Å². The van der Waals surface area contributed by atoms with Gasteiger partial charge < -0.3 is 10.4 Å². The van der Waals surface area contributed by atoms with Gasteiger partial charge in [0.1, 0.15) is 6.04 Å². The van der Waals surface area contributed by atoms with Crippen molar-refractivity contribution in [2.24, 2.45) is 5.92 Å². The Hall–Kier alpha value is -2.94. The molecule has 0 radical (unpaired) electrons. The van der Waals surface area contributed by atoms with Crippen molar-refractivity contribution in [3.8, 4) is 0 Å². The van der Waals surface area contributed by atoms with E-state index in [1.54, 1.807) is 0 Å². The summed E-state index contributed by atoms with van der Waals surface area (Å²) in [5.41, 5.74) is 0.540. The summed E-state index contributed by atoms with van der Waals surface area (Å²) >= 11 is 0. The van der Waals surface area contributed by atoms with Crippen molar-refractivity contribution < 1.29 is 23.1 Å². The van der Waals surface area contributed by atoms with Gasteiger partial charge in [0, 0.05) is 18.0 Å². The number of carboxylic acids is 1. The van der Waals surface area contributed by atoms with Gasteiger partial charge in [0.2, 0.25) is 0 Å². The summed E-state index contributed by atoms with van der Waals surface area (Å²) in [5, 5.41) is 11.7. The van der Waals surface area contributed by atoms with Crippen LogP contribution < -0.4 is 10.0 Å². The van der Waals surface area contributed by atoms with E-state index in [0.717, 1.165) is 0 Å². The lowest BCUT2D eigenvalue weighted by atomic mass is 10.0. The number of nitrogens with zero attached hydrogens (tertiary/aromatic N) is 1. The van der Waals surface area contributed by atoms with Crippen molar-refractivity contribution in [1.29, 1.82) is 0 Å². The van der Waals surface area contributed by atoms with Crippen molar-refractivity contribution in [2.75, 3.05) is 4.72 Å². The number of benzene rings is 1. The van der Waals surface area contributed by atoms with Gasteiger partial charge >= 0.3 is 5.97 Å². The van der Waals surface area contributed by atoms with Gasteiger partial charge in [-0.25, -0.2) is 13.2 Å². The van der Waals surface area contributed by atoms with Crippen LogP contribution in [0.3, 0.4) is 0 Å². The molecule has 27 heavy (non-hydrogen) atoms. The number of aromatic nitrogens is 1. The summed E-state index contributed by atoms with van der Waals surface area (Å²) in [6.07, 6.45) is 3.21. The molecular weight excluding hydrogens is 370 g/mol. The summed E-state index contributed by atoms with van der Waals surface area (Å²) in [6.45, 7) is 3.72. The fourth-order valence-electron chi connectivity index (χ4n) is 2.35. The third-order valence-electron chi connectivity index (χ3n) is 3.67. The molecule has 0 saturated heterocycles. The van der Waals surface area contributed by atoms with Gasteiger partial charge in [-0.2, -0.15) is 0 Å². The maximum Gasteiger partial charge on any atom is 0.326 e. The van der Waals surface area contributed by atoms with Crippen molar-refractivity contribution in [2.45, 2.75) is 31.2 Å². The zero-order chi connectivity index (χ0) is 20.0. The quantitative estimate of drug-likeness (QED) is 0.633. The molecule has 1 atom stereocenters. The molecule has 1 amide bonds. The van der Waals surface area contributed by atoms with Gasteiger partial charge in [-0.15, -0.1) is 0 Å². The summed E-state index contributed by atoms with van der Waals surface area (Å²) in [7, 11) is -3.81. The third-order valence-corrected chi connectivity index (χ3v) is 5.07. The normalized spacial score (nSPS) is 12.4. The van der Waals surface area contributed by atoms with Crippen LogP contribution in [0, 0.1) is 5.92 Å². The number of amides is 1. The maximum absolute atomic E-state index is 12.4. The summed E-state index contributed by atoms with van der Waals surface area (Å²) < 4.78 is 27.1. The van der Waals surface area contributed by atoms with E-state index in [1.165, 1.54) is 48.8 Å². The first-order valence-electron chi connectivity index (χ1n) is 8.25. The number of nitrogens with one attached hydrogen (secondary N) is 2. The molecule has 1 aromatic heterocycles. The Balaban J connectivity index is 2.11. The number of hydrogen-bond donors (Lipinski definition) is 3. The second-order valence-corrected chi connectivity index (χ2v) is 8.04. The van der Waals surface area contributed by atoms with Gasteiger partial charge in [0.25, 0.3) is 15.9 Å². The molecule has 2 rings (SSSR count). The Bertz CT molecular complexity index is 896. The smallest absolute Gasteiger partial charge is 0.326 e. The van der Waals surface area contributed by atoms with E-state index in [1.807, 2.05) is 13.8 Å². The van der Waals surface area contributed by atoms with Crippen LogP contribution in [0.1, 0.15) is 30.6 Å². The SMILES string of the molecule is CC(C)C[C@H](NC(=O)c1ccc(S(=O)(=O)Nc2ccncc2)cc1)C(=O)O. The van der Waals surface area contributed by atoms with Gasteiger partial charge in [-0.1, -0.05) is 13.8 Å². The average Bonchev–Trinajstić information content (AvgIpc) is 2.61. The lowest BCUT2D eigenvalue weighted by molar-refractivity contribution is -0.139. The largest absolute Gasteiger partial charge is 0.480 e. The van der Waals surface area contributed by atoms with E-state index in [0.29, 0.717) is 12.1 Å². The van der Waals surface area contributed by atoms with Crippen molar-refractivity contribution in [3.05, 3.63) is 54.4 Å². The predicted octanol–water partition coefficient (Wildman–Crippen LogP) is 2.11. The molecule has 1 aromatic carbocycles. The fourth-order valence-corrected chi connectivity index (χ4v) is 3.41. The van der Waals surface area contributed by atoms with Gasteiger partial charge in [-0.3, -0.25) is 14.5 Å². The van der Waals surface area contributed by atoms with E-state index < -0.39 is 27.9 Å². The average molecular weight is 391 g/mol. The van der Waals surface area contributed by atoms with E-state index in [-0.39, 0.29) is 16.4 Å². The van der Waals surface area contributed by atoms with Crippen LogP contribution >= 0.6 is 0 Å². The van der Waals surface area contributed by atoms with Crippen molar-refractivity contribution >= 4 is 27.6 Å². The molecule has 0 saturated carbocycles. The minimum absolute atomic E-state index is 0.0205. The van der Waals surface area contributed by atoms with Crippen LogP contribution in [0.25, 0.3) is 0 Å². The van der Waals surface area contributed by atoms with Gasteiger partial charge in [0.15, 0.2) is 0 Å². The zero-order valence-corrected chi connectivity index (χ0v) is 15.7. The lowest BCUT2D eigenvalue weighted by Crippen LogP contribution is -2.41. The van der Waals surface area contributed by atoms with Crippen LogP contribution in [-0.2, 0) is 14.8 Å². The molecule has 0 aliphatic heterocycles. The first kappa shape index (κ1) is 20.4. The van der Waals surface area contributed by atoms with Crippen LogP contribution in [-0.4, -0.2) is 36.4 Å². The minimum atomic E-state index is -3.81. The highest BCUT2D eigenvalue weighted by Gasteiger charge is 2.22. The molecule has 144 valence electrons. The molecule has 2 aromatic rings. The monoisotopic (exact) mass is 391 g/mol. The topological polar surface area (TPSA) is 125 Å². The molecular formula is C18H21N3O5S. The Kier molecular flexibility index (Phi) is 6.51. The Labute approximate surface area is 157 Å². The molecule has 3 N–H and O–H groups in total. The molecule has 0 fully saturated rings. The van der Waals surface area contributed by atoms with Crippen molar-refractivity contribution in [3.63, 3.8) is 0 Å². The molecule has 0 aliphatic carbocycles. The lowest BCUT2D eigenvalue weighted by Gasteiger charge is -2.16. The standard InChI is InChI=1S/C18H21N3O5S/c1-12(2)11-16(18(23)24)20-17(22)13-3-5-15(6-4-13)27(25,26)21-14-7-9-19-10-8-14/h3-10,12,16H,11H2,1-2H3,(H,19,21)(H,20,22)(H,23,24)/t16-/m0/s1. The van der Waals surface area contributed by atoms with Crippen LogP contribution in [0.5, 0.6) is 0 Å². The number of carbonyl (C=O) groups excluding carboxylic acids is 1. The molecule has 0 unspecified atom stereocenters. The number of carboxylic acid groups (broad SMARTS) is 1. The van der Waals surface area contributed by atoms with Crippen molar-refractivity contribution in [1.82, 2.24) is 10.3 Å².